The van der Waals surface area contributed by atoms with Gasteiger partial charge in [-0.05, 0) is 108 Å². The molecule has 2 saturated heterocycles. The van der Waals surface area contributed by atoms with Crippen LogP contribution in [-0.4, -0.2) is 49.8 Å². The van der Waals surface area contributed by atoms with Crippen LogP contribution >= 0.6 is 23.2 Å². The maximum atomic E-state index is 12.6. The number of allylic oxidation sites excluding steroid dienone is 1. The van der Waals surface area contributed by atoms with Gasteiger partial charge in [-0.15, -0.1) is 0 Å². The van der Waals surface area contributed by atoms with Crippen molar-refractivity contribution in [2.75, 3.05) is 37.8 Å². The topological polar surface area (TPSA) is 32.8 Å². The van der Waals surface area contributed by atoms with Gasteiger partial charge in [-0.3, -0.25) is 14.1 Å². The highest BCUT2D eigenvalue weighted by atomic mass is 35.5. The molecule has 0 radical (unpaired) electrons. The SMILES string of the molecule is O=C1CCCN1c1ccc2c(c1)CCCC(c1ccc(Cl)cc1Cl)=C2c1ccc(OC2CCN(CCCF)C2)cc1. The Balaban J connectivity index is 1.36. The molecule has 3 aliphatic rings. The second-order valence-corrected chi connectivity index (χ2v) is 12.1. The highest BCUT2D eigenvalue weighted by Crippen LogP contribution is 2.43. The number of aryl methyl sites for hydroxylation is 1. The number of alkyl halides is 1. The van der Waals surface area contributed by atoms with Gasteiger partial charge in [0.1, 0.15) is 11.9 Å². The standard InChI is InChI=1S/C34H35Cl2FN2O2/c35-25-9-13-30(32(36)21-25)31-5-1-4-24-20-26(39-18-2-6-33(39)40)10-14-29(24)34(31)23-7-11-27(12-8-23)41-28-15-19-38(22-28)17-3-16-37/h7-14,20-21,28H,1-6,15-19,22H2. The molecule has 3 aromatic rings. The second-order valence-electron chi connectivity index (χ2n) is 11.2. The molecule has 1 amide bonds. The summed E-state index contributed by atoms with van der Waals surface area (Å²) >= 11 is 13.0. The molecule has 3 aromatic carbocycles. The zero-order valence-electron chi connectivity index (χ0n) is 23.2. The molecule has 0 saturated carbocycles. The molecule has 0 aromatic heterocycles. The molecule has 214 valence electrons. The normalized spacial score (nSPS) is 19.5. The number of carbonyl (C=O) groups is 1. The Morgan fingerprint density at radius 2 is 1.73 bits per heavy atom. The third kappa shape index (κ3) is 6.18. The van der Waals surface area contributed by atoms with Gasteiger partial charge in [0.25, 0.3) is 0 Å². The number of ether oxygens (including phenoxy) is 1. The molecule has 41 heavy (non-hydrogen) atoms. The van der Waals surface area contributed by atoms with Crippen molar-refractivity contribution < 1.29 is 13.9 Å². The van der Waals surface area contributed by atoms with Crippen LogP contribution in [0.4, 0.5) is 10.1 Å². The average molecular weight is 594 g/mol. The summed E-state index contributed by atoms with van der Waals surface area (Å²) in [6.07, 6.45) is 5.94. The third-order valence-corrected chi connectivity index (χ3v) is 9.00. The van der Waals surface area contributed by atoms with E-state index >= 15 is 0 Å². The van der Waals surface area contributed by atoms with E-state index in [2.05, 4.69) is 47.4 Å². The van der Waals surface area contributed by atoms with E-state index in [1.54, 1.807) is 0 Å². The highest BCUT2D eigenvalue weighted by molar-refractivity contribution is 6.36. The van der Waals surface area contributed by atoms with E-state index in [1.165, 1.54) is 16.7 Å². The van der Waals surface area contributed by atoms with E-state index in [-0.39, 0.29) is 18.7 Å². The predicted molar refractivity (Wildman–Crippen MR) is 166 cm³/mol. The van der Waals surface area contributed by atoms with Crippen LogP contribution in [0.5, 0.6) is 5.75 Å². The zero-order chi connectivity index (χ0) is 28.3. The number of benzene rings is 3. The average Bonchev–Trinajstić information content (AvgIpc) is 3.56. The van der Waals surface area contributed by atoms with E-state index in [1.807, 2.05) is 23.1 Å². The van der Waals surface area contributed by atoms with E-state index < -0.39 is 0 Å². The number of anilines is 1. The fourth-order valence-electron chi connectivity index (χ4n) is 6.47. The molecule has 1 aliphatic carbocycles. The molecular weight excluding hydrogens is 558 g/mol. The van der Waals surface area contributed by atoms with E-state index in [9.17, 15) is 9.18 Å². The van der Waals surface area contributed by atoms with Crippen LogP contribution in [0.2, 0.25) is 10.0 Å². The molecule has 1 unspecified atom stereocenters. The number of carbonyl (C=O) groups excluding carboxylic acids is 1. The van der Waals surface area contributed by atoms with Gasteiger partial charge in [0.15, 0.2) is 0 Å². The first-order valence-electron chi connectivity index (χ1n) is 14.7. The minimum absolute atomic E-state index is 0.119. The second kappa shape index (κ2) is 12.6. The lowest BCUT2D eigenvalue weighted by molar-refractivity contribution is -0.117. The van der Waals surface area contributed by atoms with Crippen molar-refractivity contribution in [1.29, 1.82) is 0 Å². The van der Waals surface area contributed by atoms with Crippen molar-refractivity contribution >= 4 is 45.9 Å². The lowest BCUT2D eigenvalue weighted by atomic mass is 9.87. The monoisotopic (exact) mass is 592 g/mol. The Morgan fingerprint density at radius 3 is 2.49 bits per heavy atom. The highest BCUT2D eigenvalue weighted by Gasteiger charge is 2.27. The van der Waals surface area contributed by atoms with Gasteiger partial charge in [0.2, 0.25) is 5.91 Å². The minimum atomic E-state index is -0.274. The fourth-order valence-corrected chi connectivity index (χ4v) is 6.99. The van der Waals surface area contributed by atoms with Gasteiger partial charge in [0, 0.05) is 48.3 Å². The van der Waals surface area contributed by atoms with E-state index in [0.717, 1.165) is 86.4 Å². The first-order chi connectivity index (χ1) is 20.0. The number of hydrogen-bond acceptors (Lipinski definition) is 3. The molecule has 6 rings (SSSR count). The van der Waals surface area contributed by atoms with Crippen molar-refractivity contribution in [1.82, 2.24) is 4.90 Å². The van der Waals surface area contributed by atoms with Crippen molar-refractivity contribution in [2.24, 2.45) is 0 Å². The van der Waals surface area contributed by atoms with Gasteiger partial charge in [-0.2, -0.15) is 0 Å². The number of likely N-dealkylation sites (tertiary alicyclic amines) is 1. The smallest absolute Gasteiger partial charge is 0.227 e. The van der Waals surface area contributed by atoms with Gasteiger partial charge >= 0.3 is 0 Å². The van der Waals surface area contributed by atoms with Crippen LogP contribution in [0.15, 0.2) is 60.7 Å². The van der Waals surface area contributed by atoms with Crippen LogP contribution in [-0.2, 0) is 11.2 Å². The summed E-state index contributed by atoms with van der Waals surface area (Å²) in [6.45, 7) is 3.07. The lowest BCUT2D eigenvalue weighted by Gasteiger charge is -2.21. The van der Waals surface area contributed by atoms with E-state index in [0.29, 0.717) is 22.9 Å². The van der Waals surface area contributed by atoms with Crippen molar-refractivity contribution in [2.45, 2.75) is 51.0 Å². The summed E-state index contributed by atoms with van der Waals surface area (Å²) in [7, 11) is 0. The van der Waals surface area contributed by atoms with Crippen LogP contribution < -0.4 is 9.64 Å². The molecule has 0 spiro atoms. The van der Waals surface area contributed by atoms with Crippen molar-refractivity contribution in [3.8, 4) is 5.75 Å². The number of amides is 1. The van der Waals surface area contributed by atoms with Crippen LogP contribution in [0, 0.1) is 0 Å². The predicted octanol–water partition coefficient (Wildman–Crippen LogP) is 8.23. The van der Waals surface area contributed by atoms with Gasteiger partial charge in [-0.1, -0.05) is 47.5 Å². The Hall–Kier alpha value is -2.86. The molecule has 2 heterocycles. The number of rotatable bonds is 8. The quantitative estimate of drug-likeness (QED) is 0.264. The Kier molecular flexibility index (Phi) is 8.66. The molecule has 0 bridgehead atoms. The molecule has 1 atom stereocenters. The Morgan fingerprint density at radius 1 is 0.902 bits per heavy atom. The van der Waals surface area contributed by atoms with Crippen LogP contribution in [0.1, 0.15) is 60.8 Å². The minimum Gasteiger partial charge on any atom is -0.489 e. The summed E-state index contributed by atoms with van der Waals surface area (Å²) in [5.41, 5.74) is 7.86. The number of halogens is 3. The summed E-state index contributed by atoms with van der Waals surface area (Å²) in [4.78, 5) is 16.7. The molecule has 4 nitrogen and oxygen atoms in total. The maximum Gasteiger partial charge on any atom is 0.227 e. The molecular formula is C34H35Cl2FN2O2. The first kappa shape index (κ1) is 28.3. The molecule has 7 heteroatoms. The molecule has 2 fully saturated rings. The van der Waals surface area contributed by atoms with Crippen LogP contribution in [0.25, 0.3) is 11.1 Å². The number of hydrogen-bond donors (Lipinski definition) is 0. The number of fused-ring (bicyclic) bond motifs is 1. The fraction of sp³-hybridized carbons (Fsp3) is 0.382. The van der Waals surface area contributed by atoms with Crippen molar-refractivity contribution in [3.63, 3.8) is 0 Å². The zero-order valence-corrected chi connectivity index (χ0v) is 24.7. The van der Waals surface area contributed by atoms with Gasteiger partial charge in [0.05, 0.1) is 6.67 Å². The lowest BCUT2D eigenvalue weighted by Crippen LogP contribution is -2.26. The van der Waals surface area contributed by atoms with Gasteiger partial charge in [-0.25, -0.2) is 0 Å². The first-order valence-corrected chi connectivity index (χ1v) is 15.4. The summed E-state index contributed by atoms with van der Waals surface area (Å²) in [6, 6.07) is 20.6. The summed E-state index contributed by atoms with van der Waals surface area (Å²) < 4.78 is 18.9. The molecule has 2 aliphatic heterocycles. The van der Waals surface area contributed by atoms with E-state index in [4.69, 9.17) is 27.9 Å². The summed E-state index contributed by atoms with van der Waals surface area (Å²) in [5, 5.41) is 1.26. The van der Waals surface area contributed by atoms with Crippen LogP contribution in [0.3, 0.4) is 0 Å². The third-order valence-electron chi connectivity index (χ3n) is 8.46. The Bertz CT molecular complexity index is 1460. The van der Waals surface area contributed by atoms with Crippen molar-refractivity contribution in [3.05, 3.63) is 93.0 Å². The summed E-state index contributed by atoms with van der Waals surface area (Å²) in [5.74, 6) is 1.04. The maximum absolute atomic E-state index is 12.6. The number of nitrogens with zero attached hydrogens (tertiary/aromatic N) is 2. The largest absolute Gasteiger partial charge is 0.489 e. The Labute approximate surface area is 251 Å². The molecule has 0 N–H and O–H groups in total. The van der Waals surface area contributed by atoms with Gasteiger partial charge < -0.3 is 9.64 Å².